The molecular formula is C74H98O14. The van der Waals surface area contributed by atoms with Crippen LogP contribution >= 0.6 is 0 Å². The molecule has 0 unspecified atom stereocenters. The first-order chi connectivity index (χ1) is 42.9. The highest BCUT2D eigenvalue weighted by Crippen LogP contribution is 2.42. The molecule has 0 spiro atoms. The second kappa shape index (κ2) is 40.8. The molecule has 14 nitrogen and oxygen atoms in total. The Bertz CT molecular complexity index is 2790. The molecule has 1 aliphatic rings. The molecule has 0 heterocycles. The van der Waals surface area contributed by atoms with Gasteiger partial charge in [0.1, 0.15) is 49.4 Å². The zero-order chi connectivity index (χ0) is 63.3. The number of hydrogen-bond donors (Lipinski definition) is 0. The van der Waals surface area contributed by atoms with Crippen LogP contribution in [0.2, 0.25) is 0 Å². The molecule has 1 aliphatic carbocycles. The first-order valence-electron chi connectivity index (χ1n) is 32.3. The smallest absolute Gasteiger partial charge is 0.331 e. The number of carbonyl (C=O) groups is 5. The lowest BCUT2D eigenvalue weighted by atomic mass is 9.88. The fraction of sp³-hybridized carbons (Fsp3) is 0.500. The monoisotopic (exact) mass is 1210 g/mol. The van der Waals surface area contributed by atoms with E-state index in [0.717, 1.165) is 209 Å². The number of unbranched alkanes of at least 4 members (excludes halogenated alkanes) is 16. The van der Waals surface area contributed by atoms with E-state index < -0.39 is 29.8 Å². The van der Waals surface area contributed by atoms with E-state index in [9.17, 15) is 24.0 Å². The minimum atomic E-state index is -0.734. The molecule has 88 heavy (non-hydrogen) atoms. The maximum Gasteiger partial charge on any atom is 0.331 e. The van der Waals surface area contributed by atoms with Crippen molar-refractivity contribution in [2.45, 2.75) is 208 Å². The van der Waals surface area contributed by atoms with Gasteiger partial charge in [0.05, 0.1) is 33.5 Å². The number of methoxy groups -OCH3 is 1. The van der Waals surface area contributed by atoms with Crippen LogP contribution in [0.25, 0.3) is 0 Å². The SMILES string of the molecule is C=CC(=O)OCc1cc2c(OCCCCCCC)c(c1)Cc1cc(COC(=O)C=C)cc(c1OCCCCCCC)Cc1cc(COC(=O)/C=C\C(=O)OC)cc(c1OCCCCCCC)Cc1cc(COC(=O)C=C)cc(c1OCCCCCCC)C2. The number of hydrogen-bond acceptors (Lipinski definition) is 14. The summed E-state index contributed by atoms with van der Waals surface area (Å²) in [5, 5.41) is 0. The average molecular weight is 1210 g/mol. The van der Waals surface area contributed by atoms with Gasteiger partial charge < -0.3 is 42.6 Å². The van der Waals surface area contributed by atoms with Gasteiger partial charge in [-0.15, -0.1) is 0 Å². The van der Waals surface area contributed by atoms with Gasteiger partial charge >= 0.3 is 29.8 Å². The molecule has 0 atom stereocenters. The number of rotatable bonds is 41. The second-order valence-electron chi connectivity index (χ2n) is 22.6. The van der Waals surface area contributed by atoms with E-state index in [1.807, 2.05) is 48.5 Å². The molecule has 4 aromatic carbocycles. The molecule has 0 aliphatic heterocycles. The van der Waals surface area contributed by atoms with Crippen molar-refractivity contribution in [1.82, 2.24) is 0 Å². The first kappa shape index (κ1) is 71.1. The predicted octanol–water partition coefficient (Wildman–Crippen LogP) is 16.2. The maximum absolute atomic E-state index is 13.3. The number of esters is 5. The van der Waals surface area contributed by atoms with Gasteiger partial charge in [0.2, 0.25) is 0 Å². The molecule has 14 heteroatoms. The molecule has 0 saturated carbocycles. The van der Waals surface area contributed by atoms with Crippen molar-refractivity contribution in [3.8, 4) is 23.0 Å². The zero-order valence-electron chi connectivity index (χ0n) is 53.5. The Morgan fingerprint density at radius 3 is 0.761 bits per heavy atom. The third kappa shape index (κ3) is 24.9. The molecule has 0 fully saturated rings. The summed E-state index contributed by atoms with van der Waals surface area (Å²) < 4.78 is 56.4. The van der Waals surface area contributed by atoms with Gasteiger partial charge in [0, 0.05) is 56.1 Å². The average Bonchev–Trinajstić information content (AvgIpc) is 3.65. The third-order valence-corrected chi connectivity index (χ3v) is 15.3. The molecule has 0 radical (unpaired) electrons. The van der Waals surface area contributed by atoms with E-state index >= 15 is 0 Å². The Labute approximate surface area is 524 Å². The van der Waals surface area contributed by atoms with Crippen LogP contribution in [0.4, 0.5) is 0 Å². The summed E-state index contributed by atoms with van der Waals surface area (Å²) in [4.78, 5) is 63.9. The summed E-state index contributed by atoms with van der Waals surface area (Å²) in [6.07, 6.45) is 27.0. The minimum Gasteiger partial charge on any atom is -0.493 e. The predicted molar refractivity (Wildman–Crippen MR) is 345 cm³/mol. The van der Waals surface area contributed by atoms with Crippen molar-refractivity contribution in [1.29, 1.82) is 0 Å². The van der Waals surface area contributed by atoms with Gasteiger partial charge in [-0.3, -0.25) is 0 Å². The lowest BCUT2D eigenvalue weighted by Gasteiger charge is -2.25. The molecule has 478 valence electrons. The van der Waals surface area contributed by atoms with Gasteiger partial charge in [-0.05, 0) is 141 Å². The van der Waals surface area contributed by atoms with Gasteiger partial charge in [-0.2, -0.15) is 0 Å². The van der Waals surface area contributed by atoms with Crippen LogP contribution in [0, 0.1) is 0 Å². The number of carbonyl (C=O) groups excluding carboxylic acids is 5. The molecule has 0 N–H and O–H groups in total. The molecule has 0 saturated heterocycles. The summed E-state index contributed by atoms with van der Waals surface area (Å²) in [5.74, 6) is -0.492. The van der Waals surface area contributed by atoms with Crippen molar-refractivity contribution < 1.29 is 66.6 Å². The van der Waals surface area contributed by atoms with Crippen molar-refractivity contribution in [2.75, 3.05) is 33.5 Å². The first-order valence-corrected chi connectivity index (χ1v) is 32.3. The van der Waals surface area contributed by atoms with E-state index in [2.05, 4.69) is 47.4 Å². The summed E-state index contributed by atoms with van der Waals surface area (Å²) in [6.45, 7) is 21.2. The van der Waals surface area contributed by atoms with Gasteiger partial charge in [-0.1, -0.05) is 150 Å². The molecule has 8 bridgehead atoms. The van der Waals surface area contributed by atoms with Crippen molar-refractivity contribution in [3.63, 3.8) is 0 Å². The largest absolute Gasteiger partial charge is 0.493 e. The van der Waals surface area contributed by atoms with Crippen LogP contribution in [0.15, 0.2) is 98.6 Å². The van der Waals surface area contributed by atoms with Crippen LogP contribution in [-0.4, -0.2) is 63.4 Å². The minimum absolute atomic E-state index is 0.0504. The highest BCUT2D eigenvalue weighted by atomic mass is 16.5. The normalized spacial score (nSPS) is 11.7. The Balaban J connectivity index is 1.95. The van der Waals surface area contributed by atoms with Crippen LogP contribution in [0.5, 0.6) is 23.0 Å². The van der Waals surface area contributed by atoms with E-state index in [4.69, 9.17) is 42.6 Å². The number of fused-ring (bicyclic) bond motifs is 8. The maximum atomic E-state index is 13.3. The Morgan fingerprint density at radius 2 is 0.545 bits per heavy atom. The summed E-state index contributed by atoms with van der Waals surface area (Å²) in [7, 11) is 1.23. The lowest BCUT2D eigenvalue weighted by molar-refractivity contribution is -0.140. The summed E-state index contributed by atoms with van der Waals surface area (Å²) in [6, 6.07) is 16.1. The second-order valence-corrected chi connectivity index (χ2v) is 22.6. The Kier molecular flexibility index (Phi) is 33.0. The van der Waals surface area contributed by atoms with Crippen molar-refractivity contribution in [3.05, 3.63) is 165 Å². The fourth-order valence-corrected chi connectivity index (χ4v) is 10.8. The van der Waals surface area contributed by atoms with Gasteiger partial charge in [0.25, 0.3) is 0 Å². The summed E-state index contributed by atoms with van der Waals surface area (Å²) >= 11 is 0. The highest BCUT2D eigenvalue weighted by molar-refractivity contribution is 5.91. The van der Waals surface area contributed by atoms with Gasteiger partial charge in [-0.25, -0.2) is 24.0 Å². The Hall–Kier alpha value is -7.61. The van der Waals surface area contributed by atoms with Crippen LogP contribution in [-0.2, 0) is 99.8 Å². The van der Waals surface area contributed by atoms with E-state index in [0.29, 0.717) is 66.1 Å². The van der Waals surface area contributed by atoms with Crippen molar-refractivity contribution >= 4 is 29.8 Å². The number of benzene rings is 4. The van der Waals surface area contributed by atoms with E-state index in [-0.39, 0.29) is 52.1 Å². The van der Waals surface area contributed by atoms with Crippen LogP contribution < -0.4 is 18.9 Å². The van der Waals surface area contributed by atoms with Crippen LogP contribution in [0.3, 0.4) is 0 Å². The van der Waals surface area contributed by atoms with Gasteiger partial charge in [0.15, 0.2) is 0 Å². The molecule has 0 aromatic heterocycles. The fourth-order valence-electron chi connectivity index (χ4n) is 10.8. The van der Waals surface area contributed by atoms with E-state index in [1.165, 1.54) is 7.11 Å². The molecular weight excluding hydrogens is 1110 g/mol. The third-order valence-electron chi connectivity index (χ3n) is 15.3. The quantitative estimate of drug-likeness (QED) is 0.0157. The number of ether oxygens (including phenoxy) is 9. The lowest BCUT2D eigenvalue weighted by Crippen LogP contribution is -2.13. The van der Waals surface area contributed by atoms with Crippen molar-refractivity contribution in [2.24, 2.45) is 0 Å². The van der Waals surface area contributed by atoms with E-state index in [1.54, 1.807) is 0 Å². The molecule has 4 aromatic rings. The van der Waals surface area contributed by atoms with Crippen LogP contribution in [0.1, 0.15) is 223 Å². The summed E-state index contributed by atoms with van der Waals surface area (Å²) in [5.41, 5.74) is 9.21. The zero-order valence-corrected chi connectivity index (χ0v) is 53.5. The molecule has 0 amide bonds. The highest BCUT2D eigenvalue weighted by Gasteiger charge is 2.26. The standard InChI is InChI=1S/C74H98O14/c1-9-16-20-24-28-34-81-71-58-38-54(50-85-66(75)13-5)39-59(71)47-61-41-56(52-87-68(77)15-7)43-63(73(61)83-36-30-26-22-18-11-3)49-65-45-57(53-88-70(79)33-32-69(78)80-8)44-64(74(65)84-37-31-27-23-19-12-4)48-62-42-55(51-86-67(76)14-6)40-60(46-58)72(62)82-35-29-25-21-17-10-2/h13-15,32-33,38-45H,5-7,9-12,16-31,34-37,46-53H2,1-4,8H3/b33-32-. The Morgan fingerprint density at radius 1 is 0.330 bits per heavy atom. The molecule has 5 rings (SSSR count). The topological polar surface area (TPSA) is 168 Å².